The van der Waals surface area contributed by atoms with Gasteiger partial charge < -0.3 is 14.4 Å². The predicted molar refractivity (Wildman–Crippen MR) is 105 cm³/mol. The number of hydrogen-bond donors (Lipinski definition) is 0. The number of benzene rings is 1. The minimum absolute atomic E-state index is 0.231. The van der Waals surface area contributed by atoms with Crippen LogP contribution >= 0.6 is 0 Å². The lowest BCUT2D eigenvalue weighted by molar-refractivity contribution is -0.131. The SMILES string of the molecule is O=C(CCc1ccccc1)N1CCN(c2cc(-n3cccc3)ncn2)CC1. The summed E-state index contributed by atoms with van der Waals surface area (Å²) in [6, 6.07) is 16.1. The lowest BCUT2D eigenvalue weighted by atomic mass is 10.1. The zero-order valence-electron chi connectivity index (χ0n) is 15.2. The summed E-state index contributed by atoms with van der Waals surface area (Å²) in [7, 11) is 0. The van der Waals surface area contributed by atoms with Gasteiger partial charge in [-0.25, -0.2) is 9.97 Å². The second kappa shape index (κ2) is 8.03. The van der Waals surface area contributed by atoms with Gasteiger partial charge in [-0.15, -0.1) is 0 Å². The monoisotopic (exact) mass is 361 g/mol. The Morgan fingerprint density at radius 1 is 0.889 bits per heavy atom. The van der Waals surface area contributed by atoms with Crippen LogP contribution < -0.4 is 4.90 Å². The standard InChI is InChI=1S/C21H23N5O/c27-21(9-8-18-6-2-1-3-7-18)26-14-12-25(13-15-26)20-16-19(22-17-23-20)24-10-4-5-11-24/h1-7,10-11,16-17H,8-9,12-15H2. The zero-order chi connectivity index (χ0) is 18.5. The number of rotatable bonds is 5. The first-order valence-corrected chi connectivity index (χ1v) is 9.32. The number of amides is 1. The molecule has 0 spiro atoms. The van der Waals surface area contributed by atoms with E-state index in [1.807, 2.05) is 58.3 Å². The second-order valence-electron chi connectivity index (χ2n) is 6.68. The molecule has 0 bridgehead atoms. The molecule has 0 N–H and O–H groups in total. The van der Waals surface area contributed by atoms with Gasteiger partial charge in [-0.05, 0) is 24.1 Å². The van der Waals surface area contributed by atoms with Crippen LogP contribution in [0.3, 0.4) is 0 Å². The maximum atomic E-state index is 12.5. The Hall–Kier alpha value is -3.15. The number of piperazine rings is 1. The van der Waals surface area contributed by atoms with E-state index in [1.54, 1.807) is 6.33 Å². The van der Waals surface area contributed by atoms with E-state index < -0.39 is 0 Å². The quantitative estimate of drug-likeness (QED) is 0.701. The average Bonchev–Trinajstić information content (AvgIpc) is 3.28. The van der Waals surface area contributed by atoms with Crippen molar-refractivity contribution in [1.82, 2.24) is 19.4 Å². The Labute approximate surface area is 159 Å². The molecule has 1 fully saturated rings. The Kier molecular flexibility index (Phi) is 5.14. The fourth-order valence-electron chi connectivity index (χ4n) is 3.38. The molecule has 4 rings (SSSR count). The summed E-state index contributed by atoms with van der Waals surface area (Å²) in [5.41, 5.74) is 1.21. The molecule has 2 aromatic heterocycles. The summed E-state index contributed by atoms with van der Waals surface area (Å²) in [4.78, 5) is 25.4. The minimum atomic E-state index is 0.231. The van der Waals surface area contributed by atoms with Gasteiger partial charge >= 0.3 is 0 Å². The molecule has 0 atom stereocenters. The molecule has 6 heteroatoms. The summed E-state index contributed by atoms with van der Waals surface area (Å²) in [6.07, 6.45) is 6.90. The molecule has 138 valence electrons. The molecular weight excluding hydrogens is 338 g/mol. The van der Waals surface area contributed by atoms with Gasteiger partial charge in [0.1, 0.15) is 18.0 Å². The maximum absolute atomic E-state index is 12.5. The van der Waals surface area contributed by atoms with Crippen molar-refractivity contribution in [1.29, 1.82) is 0 Å². The molecule has 3 aromatic rings. The molecule has 1 saturated heterocycles. The fraction of sp³-hybridized carbons (Fsp3) is 0.286. The fourth-order valence-corrected chi connectivity index (χ4v) is 3.38. The predicted octanol–water partition coefficient (Wildman–Crippen LogP) is 2.55. The van der Waals surface area contributed by atoms with Crippen LogP contribution in [-0.4, -0.2) is 51.5 Å². The van der Waals surface area contributed by atoms with Gasteiger partial charge in [-0.1, -0.05) is 30.3 Å². The zero-order valence-corrected chi connectivity index (χ0v) is 15.2. The van der Waals surface area contributed by atoms with Gasteiger partial charge in [0.15, 0.2) is 0 Å². The van der Waals surface area contributed by atoms with E-state index in [1.165, 1.54) is 5.56 Å². The number of carbonyl (C=O) groups is 1. The molecule has 0 unspecified atom stereocenters. The lowest BCUT2D eigenvalue weighted by Crippen LogP contribution is -2.49. The lowest BCUT2D eigenvalue weighted by Gasteiger charge is -2.35. The maximum Gasteiger partial charge on any atom is 0.223 e. The Morgan fingerprint density at radius 3 is 2.33 bits per heavy atom. The molecule has 1 aromatic carbocycles. The number of hydrogen-bond acceptors (Lipinski definition) is 4. The Bertz CT molecular complexity index is 871. The van der Waals surface area contributed by atoms with E-state index in [9.17, 15) is 4.79 Å². The van der Waals surface area contributed by atoms with Gasteiger partial charge in [-0.3, -0.25) is 4.79 Å². The molecule has 1 aliphatic rings. The topological polar surface area (TPSA) is 54.3 Å². The molecule has 6 nitrogen and oxygen atoms in total. The van der Waals surface area contributed by atoms with Crippen molar-refractivity contribution >= 4 is 11.7 Å². The summed E-state index contributed by atoms with van der Waals surface area (Å²) in [5, 5.41) is 0. The van der Waals surface area contributed by atoms with E-state index >= 15 is 0 Å². The van der Waals surface area contributed by atoms with Crippen LogP contribution in [-0.2, 0) is 11.2 Å². The molecule has 3 heterocycles. The van der Waals surface area contributed by atoms with Crippen LogP contribution in [0, 0.1) is 0 Å². The largest absolute Gasteiger partial charge is 0.353 e. The number of anilines is 1. The molecule has 27 heavy (non-hydrogen) atoms. The Balaban J connectivity index is 1.32. The number of aryl methyl sites for hydroxylation is 1. The van der Waals surface area contributed by atoms with Crippen LogP contribution in [0.4, 0.5) is 5.82 Å². The first-order valence-electron chi connectivity index (χ1n) is 9.32. The van der Waals surface area contributed by atoms with Crippen LogP contribution in [0.1, 0.15) is 12.0 Å². The summed E-state index contributed by atoms with van der Waals surface area (Å²) in [6.45, 7) is 3.05. The van der Waals surface area contributed by atoms with E-state index in [0.717, 1.165) is 44.2 Å². The normalized spacial score (nSPS) is 14.4. The molecule has 1 amide bonds. The highest BCUT2D eigenvalue weighted by molar-refractivity contribution is 5.76. The summed E-state index contributed by atoms with van der Waals surface area (Å²) in [5.74, 6) is 1.99. The van der Waals surface area contributed by atoms with E-state index in [4.69, 9.17) is 0 Å². The van der Waals surface area contributed by atoms with Gasteiger partial charge in [0.05, 0.1) is 0 Å². The minimum Gasteiger partial charge on any atom is -0.353 e. The highest BCUT2D eigenvalue weighted by Crippen LogP contribution is 2.17. The Morgan fingerprint density at radius 2 is 1.59 bits per heavy atom. The van der Waals surface area contributed by atoms with Gasteiger partial charge in [0, 0.05) is 51.1 Å². The van der Waals surface area contributed by atoms with Crippen molar-refractivity contribution in [2.45, 2.75) is 12.8 Å². The highest BCUT2D eigenvalue weighted by atomic mass is 16.2. The van der Waals surface area contributed by atoms with E-state index in [-0.39, 0.29) is 5.91 Å². The van der Waals surface area contributed by atoms with Crippen molar-refractivity contribution in [3.05, 3.63) is 72.8 Å². The van der Waals surface area contributed by atoms with Crippen LogP contribution in [0.5, 0.6) is 0 Å². The second-order valence-corrected chi connectivity index (χ2v) is 6.68. The third kappa shape index (κ3) is 4.16. The first-order chi connectivity index (χ1) is 13.3. The van der Waals surface area contributed by atoms with Gasteiger partial charge in [-0.2, -0.15) is 0 Å². The third-order valence-electron chi connectivity index (χ3n) is 4.93. The van der Waals surface area contributed by atoms with Crippen molar-refractivity contribution in [2.24, 2.45) is 0 Å². The first kappa shape index (κ1) is 17.3. The van der Waals surface area contributed by atoms with Crippen molar-refractivity contribution in [2.75, 3.05) is 31.1 Å². The van der Waals surface area contributed by atoms with Crippen LogP contribution in [0.2, 0.25) is 0 Å². The smallest absolute Gasteiger partial charge is 0.223 e. The molecule has 0 aliphatic carbocycles. The molecule has 1 aliphatic heterocycles. The van der Waals surface area contributed by atoms with E-state index in [2.05, 4.69) is 27.0 Å². The van der Waals surface area contributed by atoms with Crippen LogP contribution in [0.25, 0.3) is 5.82 Å². The van der Waals surface area contributed by atoms with Gasteiger partial charge in [0.2, 0.25) is 5.91 Å². The highest BCUT2D eigenvalue weighted by Gasteiger charge is 2.22. The summed E-state index contributed by atoms with van der Waals surface area (Å²) < 4.78 is 1.97. The third-order valence-corrected chi connectivity index (χ3v) is 4.93. The van der Waals surface area contributed by atoms with E-state index in [0.29, 0.717) is 6.42 Å². The number of nitrogens with zero attached hydrogens (tertiary/aromatic N) is 5. The van der Waals surface area contributed by atoms with Crippen molar-refractivity contribution < 1.29 is 4.79 Å². The number of aromatic nitrogens is 3. The van der Waals surface area contributed by atoms with Crippen molar-refractivity contribution in [3.8, 4) is 5.82 Å². The van der Waals surface area contributed by atoms with Crippen molar-refractivity contribution in [3.63, 3.8) is 0 Å². The number of carbonyl (C=O) groups excluding carboxylic acids is 1. The van der Waals surface area contributed by atoms with Gasteiger partial charge in [0.25, 0.3) is 0 Å². The molecule has 0 saturated carbocycles. The average molecular weight is 361 g/mol. The molecular formula is C21H23N5O. The van der Waals surface area contributed by atoms with Crippen LogP contribution in [0.15, 0.2) is 67.3 Å². The molecule has 0 radical (unpaired) electrons. The summed E-state index contributed by atoms with van der Waals surface area (Å²) >= 11 is 0.